The Morgan fingerprint density at radius 1 is 0.885 bits per heavy atom. The fraction of sp³-hybridized carbons (Fsp3) is 0.435. The van der Waals surface area contributed by atoms with E-state index in [1.165, 1.54) is 22.4 Å². The van der Waals surface area contributed by atoms with Crippen molar-refractivity contribution in [2.45, 2.75) is 39.7 Å². The summed E-state index contributed by atoms with van der Waals surface area (Å²) in [6.45, 7) is 13.0. The number of piperazine rings is 1. The molecule has 2 aromatic carbocycles. The molecule has 0 radical (unpaired) electrons. The van der Waals surface area contributed by atoms with Gasteiger partial charge in [0.1, 0.15) is 6.29 Å². The molecule has 1 unspecified atom stereocenters. The van der Waals surface area contributed by atoms with Crippen molar-refractivity contribution < 1.29 is 4.79 Å². The zero-order chi connectivity index (χ0) is 18.7. The molecule has 1 fully saturated rings. The lowest BCUT2D eigenvalue weighted by atomic mass is 9.98. The minimum absolute atomic E-state index is 0.442. The summed E-state index contributed by atoms with van der Waals surface area (Å²) in [4.78, 5) is 15.9. The fourth-order valence-corrected chi connectivity index (χ4v) is 3.83. The lowest BCUT2D eigenvalue weighted by Gasteiger charge is -2.40. The summed E-state index contributed by atoms with van der Waals surface area (Å²) in [6, 6.07) is 15.5. The Labute approximate surface area is 157 Å². The molecule has 3 nitrogen and oxygen atoms in total. The van der Waals surface area contributed by atoms with Crippen LogP contribution in [-0.4, -0.2) is 37.4 Å². The van der Waals surface area contributed by atoms with Crippen LogP contribution in [-0.2, 0) is 0 Å². The average Bonchev–Trinajstić information content (AvgIpc) is 2.67. The summed E-state index contributed by atoms with van der Waals surface area (Å²) in [5.74, 6) is 0.580. The van der Waals surface area contributed by atoms with Crippen molar-refractivity contribution in [2.24, 2.45) is 0 Å². The summed E-state index contributed by atoms with van der Waals surface area (Å²) in [6.07, 6.45) is 0.918. The molecule has 0 amide bonds. The molecule has 0 bridgehead atoms. The average molecular weight is 351 g/mol. The molecule has 1 atom stereocenters. The van der Waals surface area contributed by atoms with Gasteiger partial charge in [-0.25, -0.2) is 0 Å². The Kier molecular flexibility index (Phi) is 5.77. The molecule has 3 heteroatoms. The number of benzene rings is 2. The van der Waals surface area contributed by atoms with Crippen LogP contribution in [0.25, 0.3) is 0 Å². The Morgan fingerprint density at radius 3 is 2.04 bits per heavy atom. The van der Waals surface area contributed by atoms with Crippen LogP contribution < -0.4 is 4.90 Å². The number of hydrogen-bond acceptors (Lipinski definition) is 3. The predicted molar refractivity (Wildman–Crippen MR) is 109 cm³/mol. The third-order valence-electron chi connectivity index (χ3n) is 5.65. The normalized spacial score (nSPS) is 16.7. The van der Waals surface area contributed by atoms with E-state index >= 15 is 0 Å². The van der Waals surface area contributed by atoms with Crippen LogP contribution >= 0.6 is 0 Å². The van der Waals surface area contributed by atoms with Crippen LogP contribution in [0, 0.1) is 6.92 Å². The number of carbonyl (C=O) groups is 1. The fourth-order valence-electron chi connectivity index (χ4n) is 3.83. The van der Waals surface area contributed by atoms with Crippen LogP contribution in [0.4, 0.5) is 5.69 Å². The molecule has 0 saturated carbocycles. The van der Waals surface area contributed by atoms with E-state index in [-0.39, 0.29) is 0 Å². The van der Waals surface area contributed by atoms with Crippen molar-refractivity contribution in [1.29, 1.82) is 0 Å². The second kappa shape index (κ2) is 8.05. The summed E-state index contributed by atoms with van der Waals surface area (Å²) >= 11 is 0. The molecule has 3 rings (SSSR count). The summed E-state index contributed by atoms with van der Waals surface area (Å²) < 4.78 is 0. The maximum Gasteiger partial charge on any atom is 0.150 e. The Hall–Kier alpha value is -2.13. The van der Waals surface area contributed by atoms with Crippen LogP contribution in [0.15, 0.2) is 42.5 Å². The van der Waals surface area contributed by atoms with Gasteiger partial charge in [0.2, 0.25) is 0 Å². The number of aldehydes is 1. The first-order valence-corrected chi connectivity index (χ1v) is 9.64. The highest BCUT2D eigenvalue weighted by molar-refractivity contribution is 5.77. The number of carbonyl (C=O) groups excluding carboxylic acids is 1. The summed E-state index contributed by atoms with van der Waals surface area (Å²) in [5, 5.41) is 0. The van der Waals surface area contributed by atoms with E-state index in [4.69, 9.17) is 0 Å². The maximum absolute atomic E-state index is 10.9. The largest absolute Gasteiger partial charge is 0.369 e. The molecule has 2 aromatic rings. The van der Waals surface area contributed by atoms with Crippen molar-refractivity contribution in [1.82, 2.24) is 4.90 Å². The first-order chi connectivity index (χ1) is 12.5. The number of hydrogen-bond donors (Lipinski definition) is 0. The highest BCUT2D eigenvalue weighted by Gasteiger charge is 2.23. The molecular weight excluding hydrogens is 320 g/mol. The predicted octanol–water partition coefficient (Wildman–Crippen LogP) is 4.81. The second-order valence-electron chi connectivity index (χ2n) is 7.68. The highest BCUT2D eigenvalue weighted by Crippen LogP contribution is 2.27. The SMILES string of the molecule is Cc1cc(C=O)ccc1N1CCN(C(C)c2ccc(C(C)C)cc2)CC1. The standard InChI is InChI=1S/C23H30N2O/c1-17(2)21-6-8-22(9-7-21)19(4)24-11-13-25(14-12-24)23-10-5-20(16-26)15-18(23)3/h5-10,15-17,19H,11-14H2,1-4H3. The van der Waals surface area contributed by atoms with Gasteiger partial charge in [-0.1, -0.05) is 38.1 Å². The van der Waals surface area contributed by atoms with E-state index in [0.717, 1.165) is 38.0 Å². The van der Waals surface area contributed by atoms with E-state index in [9.17, 15) is 4.79 Å². The number of anilines is 1. The molecule has 1 saturated heterocycles. The van der Waals surface area contributed by atoms with E-state index in [1.807, 2.05) is 12.1 Å². The molecule has 1 aliphatic rings. The molecule has 138 valence electrons. The van der Waals surface area contributed by atoms with Gasteiger partial charge < -0.3 is 4.90 Å². The van der Waals surface area contributed by atoms with Crippen LogP contribution in [0.1, 0.15) is 59.8 Å². The minimum Gasteiger partial charge on any atom is -0.369 e. The van der Waals surface area contributed by atoms with Crippen molar-refractivity contribution in [3.63, 3.8) is 0 Å². The van der Waals surface area contributed by atoms with Gasteiger partial charge in [0.25, 0.3) is 0 Å². The Bertz CT molecular complexity index is 743. The molecule has 26 heavy (non-hydrogen) atoms. The molecule has 0 N–H and O–H groups in total. The van der Waals surface area contributed by atoms with E-state index < -0.39 is 0 Å². The minimum atomic E-state index is 0.442. The third kappa shape index (κ3) is 3.99. The van der Waals surface area contributed by atoms with Crippen LogP contribution in [0.3, 0.4) is 0 Å². The van der Waals surface area contributed by atoms with E-state index in [1.54, 1.807) is 0 Å². The quantitative estimate of drug-likeness (QED) is 0.723. The first-order valence-electron chi connectivity index (χ1n) is 9.64. The van der Waals surface area contributed by atoms with Crippen molar-refractivity contribution in [3.05, 3.63) is 64.7 Å². The summed E-state index contributed by atoms with van der Waals surface area (Å²) in [7, 11) is 0. The van der Waals surface area contributed by atoms with E-state index in [2.05, 4.69) is 67.8 Å². The van der Waals surface area contributed by atoms with Gasteiger partial charge in [0, 0.05) is 43.5 Å². The van der Waals surface area contributed by atoms with Gasteiger partial charge in [0.05, 0.1) is 0 Å². The molecule has 1 heterocycles. The monoisotopic (exact) mass is 350 g/mol. The van der Waals surface area contributed by atoms with Gasteiger partial charge in [-0.3, -0.25) is 9.69 Å². The van der Waals surface area contributed by atoms with Crippen molar-refractivity contribution in [3.8, 4) is 0 Å². The second-order valence-corrected chi connectivity index (χ2v) is 7.68. The molecule has 1 aliphatic heterocycles. The van der Waals surface area contributed by atoms with Crippen LogP contribution in [0.2, 0.25) is 0 Å². The van der Waals surface area contributed by atoms with Crippen molar-refractivity contribution in [2.75, 3.05) is 31.1 Å². The van der Waals surface area contributed by atoms with Gasteiger partial charge in [-0.15, -0.1) is 0 Å². The molecule has 0 spiro atoms. The number of rotatable bonds is 5. The highest BCUT2D eigenvalue weighted by atomic mass is 16.1. The molecule has 0 aromatic heterocycles. The van der Waals surface area contributed by atoms with Gasteiger partial charge in [-0.2, -0.15) is 0 Å². The Balaban J connectivity index is 1.63. The lowest BCUT2D eigenvalue weighted by Crippen LogP contribution is -2.47. The smallest absolute Gasteiger partial charge is 0.150 e. The van der Waals surface area contributed by atoms with Gasteiger partial charge >= 0.3 is 0 Å². The van der Waals surface area contributed by atoms with Crippen LogP contribution in [0.5, 0.6) is 0 Å². The number of nitrogens with zero attached hydrogens (tertiary/aromatic N) is 2. The lowest BCUT2D eigenvalue weighted by molar-refractivity contribution is 0.112. The number of aryl methyl sites for hydroxylation is 1. The third-order valence-corrected chi connectivity index (χ3v) is 5.65. The maximum atomic E-state index is 10.9. The van der Waals surface area contributed by atoms with Crippen molar-refractivity contribution >= 4 is 12.0 Å². The van der Waals surface area contributed by atoms with Gasteiger partial charge in [0.15, 0.2) is 0 Å². The van der Waals surface area contributed by atoms with Gasteiger partial charge in [-0.05, 0) is 54.7 Å². The summed E-state index contributed by atoms with van der Waals surface area (Å²) in [5.41, 5.74) is 5.99. The topological polar surface area (TPSA) is 23.6 Å². The Morgan fingerprint density at radius 2 is 1.50 bits per heavy atom. The molecular formula is C23H30N2O. The first kappa shape index (κ1) is 18.7. The zero-order valence-electron chi connectivity index (χ0n) is 16.4. The zero-order valence-corrected chi connectivity index (χ0v) is 16.4. The van der Waals surface area contributed by atoms with E-state index in [0.29, 0.717) is 12.0 Å². The molecule has 0 aliphatic carbocycles.